The van der Waals surface area contributed by atoms with Crippen LogP contribution in [-0.2, 0) is 6.54 Å². The first-order valence-electron chi connectivity index (χ1n) is 10.3. The largest absolute Gasteiger partial charge is 0.491 e. The summed E-state index contributed by atoms with van der Waals surface area (Å²) in [5.74, 6) is 0.764. The smallest absolute Gasteiger partial charge is 0.191 e. The summed E-state index contributed by atoms with van der Waals surface area (Å²) in [6, 6.07) is 6.36. The Morgan fingerprint density at radius 2 is 1.96 bits per heavy atom. The first-order valence-corrected chi connectivity index (χ1v) is 10.3. The molecule has 2 N–H and O–H groups in total. The number of hydrogen-bond donors (Lipinski definition) is 2. The summed E-state index contributed by atoms with van der Waals surface area (Å²) in [7, 11) is 1.78. The zero-order valence-electron chi connectivity index (χ0n) is 16.6. The maximum Gasteiger partial charge on any atom is 0.191 e. The summed E-state index contributed by atoms with van der Waals surface area (Å²) in [5.41, 5.74) is 0.870. The van der Waals surface area contributed by atoms with E-state index in [0.717, 1.165) is 30.4 Å². The quantitative estimate of drug-likeness (QED) is 0.591. The van der Waals surface area contributed by atoms with Crippen molar-refractivity contribution >= 4 is 5.96 Å². The van der Waals surface area contributed by atoms with Gasteiger partial charge in [0.25, 0.3) is 0 Å². The number of likely N-dealkylation sites (tertiary alicyclic amines) is 1. The normalized spacial score (nSPS) is 20.0. The molecule has 150 valence electrons. The Labute approximate surface area is 162 Å². The van der Waals surface area contributed by atoms with Gasteiger partial charge in [-0.3, -0.25) is 4.99 Å². The van der Waals surface area contributed by atoms with Crippen molar-refractivity contribution in [3.8, 4) is 5.75 Å². The highest BCUT2D eigenvalue weighted by Crippen LogP contribution is 2.26. The number of aliphatic imine (C=N–C) groups is 1. The molecule has 6 heteroatoms. The number of guanidine groups is 1. The van der Waals surface area contributed by atoms with Crippen molar-refractivity contribution in [2.75, 3.05) is 26.7 Å². The maximum atomic E-state index is 14.0. The van der Waals surface area contributed by atoms with E-state index in [1.165, 1.54) is 44.8 Å². The van der Waals surface area contributed by atoms with Crippen molar-refractivity contribution in [2.24, 2.45) is 4.99 Å². The molecule has 2 aliphatic rings. The maximum absolute atomic E-state index is 14.0. The molecule has 0 radical (unpaired) electrons. The summed E-state index contributed by atoms with van der Waals surface area (Å²) in [4.78, 5) is 7.00. The van der Waals surface area contributed by atoms with Crippen LogP contribution in [0.15, 0.2) is 23.2 Å². The molecule has 0 spiro atoms. The van der Waals surface area contributed by atoms with Crippen molar-refractivity contribution < 1.29 is 9.13 Å². The molecule has 0 aromatic heterocycles. The predicted octanol–water partition coefficient (Wildman–Crippen LogP) is 3.30. The number of hydrogen-bond acceptors (Lipinski definition) is 3. The Balaban J connectivity index is 1.44. The van der Waals surface area contributed by atoms with E-state index in [1.807, 2.05) is 13.0 Å². The third kappa shape index (κ3) is 5.58. The minimum absolute atomic E-state index is 0.303. The van der Waals surface area contributed by atoms with Crippen LogP contribution in [0.5, 0.6) is 5.75 Å². The van der Waals surface area contributed by atoms with Gasteiger partial charge in [0.2, 0.25) is 0 Å². The Morgan fingerprint density at radius 3 is 2.59 bits per heavy atom. The first kappa shape index (κ1) is 19.9. The predicted molar refractivity (Wildman–Crippen MR) is 108 cm³/mol. The van der Waals surface area contributed by atoms with Gasteiger partial charge in [0.05, 0.1) is 6.61 Å². The van der Waals surface area contributed by atoms with Crippen LogP contribution in [0.3, 0.4) is 0 Å². The fourth-order valence-electron chi connectivity index (χ4n) is 4.18. The fourth-order valence-corrected chi connectivity index (χ4v) is 4.18. The molecular formula is C21H33FN4O. The summed E-state index contributed by atoms with van der Waals surface area (Å²) < 4.78 is 19.2. The van der Waals surface area contributed by atoms with Crippen LogP contribution in [-0.4, -0.2) is 49.7 Å². The van der Waals surface area contributed by atoms with Crippen LogP contribution in [0.2, 0.25) is 0 Å². The van der Waals surface area contributed by atoms with Crippen LogP contribution in [0, 0.1) is 5.82 Å². The number of nitrogens with one attached hydrogen (secondary N) is 2. The van der Waals surface area contributed by atoms with E-state index >= 15 is 0 Å². The van der Waals surface area contributed by atoms with E-state index in [-0.39, 0.29) is 5.82 Å². The zero-order valence-corrected chi connectivity index (χ0v) is 16.6. The van der Waals surface area contributed by atoms with Gasteiger partial charge >= 0.3 is 0 Å². The standard InChI is InChI=1S/C21H33FN4O/c1-3-27-20-9-8-16(14-19(20)22)15-24-21(23-2)25-17-10-12-26(13-11-17)18-6-4-5-7-18/h8-9,14,17-18H,3-7,10-13,15H2,1-2H3,(H2,23,24,25). The second-order valence-corrected chi connectivity index (χ2v) is 7.52. The second-order valence-electron chi connectivity index (χ2n) is 7.52. The number of piperidine rings is 1. The van der Waals surface area contributed by atoms with Gasteiger partial charge in [-0.05, 0) is 50.3 Å². The summed E-state index contributed by atoms with van der Waals surface area (Å²) in [6.07, 6.45) is 7.83. The Kier molecular flexibility index (Phi) is 7.33. The highest BCUT2D eigenvalue weighted by molar-refractivity contribution is 5.79. The minimum Gasteiger partial charge on any atom is -0.491 e. The average molecular weight is 377 g/mol. The van der Waals surface area contributed by atoms with Gasteiger partial charge in [-0.2, -0.15) is 0 Å². The topological polar surface area (TPSA) is 48.9 Å². The average Bonchev–Trinajstić information content (AvgIpc) is 3.22. The SMILES string of the molecule is CCOc1ccc(CNC(=NC)NC2CCN(C3CCCC3)CC2)cc1F. The summed E-state index contributed by atoms with van der Waals surface area (Å²) >= 11 is 0. The Hall–Kier alpha value is -1.82. The third-order valence-corrected chi connectivity index (χ3v) is 5.69. The van der Waals surface area contributed by atoms with Crippen LogP contribution in [0.1, 0.15) is 51.0 Å². The van der Waals surface area contributed by atoms with Gasteiger partial charge in [0, 0.05) is 38.8 Å². The molecule has 2 fully saturated rings. The number of halogens is 1. The van der Waals surface area contributed by atoms with Crippen molar-refractivity contribution in [3.63, 3.8) is 0 Å². The molecule has 0 bridgehead atoms. The van der Waals surface area contributed by atoms with Gasteiger partial charge in [-0.15, -0.1) is 0 Å². The lowest BCUT2D eigenvalue weighted by molar-refractivity contribution is 0.150. The van der Waals surface area contributed by atoms with Crippen molar-refractivity contribution in [3.05, 3.63) is 29.6 Å². The molecule has 27 heavy (non-hydrogen) atoms. The van der Waals surface area contributed by atoms with E-state index in [0.29, 0.717) is 24.9 Å². The number of ether oxygens (including phenoxy) is 1. The van der Waals surface area contributed by atoms with Gasteiger partial charge < -0.3 is 20.3 Å². The summed E-state index contributed by atoms with van der Waals surface area (Å²) in [5, 5.41) is 6.82. The lowest BCUT2D eigenvalue weighted by Crippen LogP contribution is -2.50. The molecule has 1 aliphatic heterocycles. The fraction of sp³-hybridized carbons (Fsp3) is 0.667. The first-order chi connectivity index (χ1) is 13.2. The van der Waals surface area contributed by atoms with E-state index < -0.39 is 0 Å². The molecule has 0 unspecified atom stereocenters. The minimum atomic E-state index is -0.321. The number of nitrogens with zero attached hydrogens (tertiary/aromatic N) is 2. The van der Waals surface area contributed by atoms with E-state index in [2.05, 4.69) is 20.5 Å². The van der Waals surface area contributed by atoms with Gasteiger partial charge in [0.1, 0.15) is 0 Å². The van der Waals surface area contributed by atoms with E-state index in [1.54, 1.807) is 13.1 Å². The number of benzene rings is 1. The van der Waals surface area contributed by atoms with Crippen molar-refractivity contribution in [1.82, 2.24) is 15.5 Å². The molecule has 1 saturated heterocycles. The third-order valence-electron chi connectivity index (χ3n) is 5.69. The highest BCUT2D eigenvalue weighted by Gasteiger charge is 2.27. The molecule has 5 nitrogen and oxygen atoms in total. The Morgan fingerprint density at radius 1 is 1.22 bits per heavy atom. The Bertz CT molecular complexity index is 623. The lowest BCUT2D eigenvalue weighted by Gasteiger charge is -2.36. The lowest BCUT2D eigenvalue weighted by atomic mass is 10.0. The van der Waals surface area contributed by atoms with Gasteiger partial charge in [-0.1, -0.05) is 18.9 Å². The molecule has 0 atom stereocenters. The second kappa shape index (κ2) is 9.93. The molecule has 0 amide bonds. The van der Waals surface area contributed by atoms with Crippen LogP contribution in [0.4, 0.5) is 4.39 Å². The highest BCUT2D eigenvalue weighted by atomic mass is 19.1. The molecule has 1 saturated carbocycles. The molecule has 1 aromatic rings. The van der Waals surface area contributed by atoms with Gasteiger partial charge in [-0.25, -0.2) is 4.39 Å². The summed E-state index contributed by atoms with van der Waals surface area (Å²) in [6.45, 7) is 5.18. The molecule has 1 aliphatic carbocycles. The monoisotopic (exact) mass is 376 g/mol. The molecule has 3 rings (SSSR count). The zero-order chi connectivity index (χ0) is 19.1. The van der Waals surface area contributed by atoms with Crippen molar-refractivity contribution in [2.45, 2.75) is 64.1 Å². The van der Waals surface area contributed by atoms with Crippen LogP contribution in [0.25, 0.3) is 0 Å². The van der Waals surface area contributed by atoms with Crippen LogP contribution < -0.4 is 15.4 Å². The van der Waals surface area contributed by atoms with E-state index in [9.17, 15) is 4.39 Å². The molecular weight excluding hydrogens is 343 g/mol. The molecule has 1 aromatic carbocycles. The van der Waals surface area contributed by atoms with E-state index in [4.69, 9.17) is 4.74 Å². The van der Waals surface area contributed by atoms with Crippen molar-refractivity contribution in [1.29, 1.82) is 0 Å². The van der Waals surface area contributed by atoms with Gasteiger partial charge in [0.15, 0.2) is 17.5 Å². The van der Waals surface area contributed by atoms with Crippen LogP contribution >= 0.6 is 0 Å². The number of rotatable bonds is 6. The molecule has 1 heterocycles.